The summed E-state index contributed by atoms with van der Waals surface area (Å²) >= 11 is 0. The van der Waals surface area contributed by atoms with Crippen LogP contribution < -0.4 is 4.74 Å². The molecule has 1 aromatic heterocycles. The minimum absolute atomic E-state index is 0.0169. The molecular weight excluding hydrogens is 572 g/mol. The molecule has 3 aromatic rings. The lowest BCUT2D eigenvalue weighted by Gasteiger charge is -2.26. The number of alkyl halides is 6. The Hall–Kier alpha value is -3.81. The lowest BCUT2D eigenvalue weighted by atomic mass is 10.1. The molecule has 0 aliphatic carbocycles. The van der Waals surface area contributed by atoms with Gasteiger partial charge in [0.25, 0.3) is 0 Å². The molecule has 2 aromatic carbocycles. The third-order valence-corrected chi connectivity index (χ3v) is 6.33. The molecule has 0 spiro atoms. The van der Waals surface area contributed by atoms with Gasteiger partial charge < -0.3 is 19.1 Å². The fourth-order valence-corrected chi connectivity index (χ4v) is 4.39. The number of hydrogen-bond acceptors (Lipinski definition) is 7. The van der Waals surface area contributed by atoms with Crippen LogP contribution in [0.2, 0.25) is 0 Å². The number of aliphatic hydroxyl groups is 1. The average molecular weight is 602 g/mol. The monoisotopic (exact) mass is 601 g/mol. The molecule has 1 aliphatic rings. The molecule has 228 valence electrons. The van der Waals surface area contributed by atoms with E-state index < -0.39 is 53.1 Å². The van der Waals surface area contributed by atoms with Gasteiger partial charge in [-0.2, -0.15) is 31.3 Å². The quantitative estimate of drug-likeness (QED) is 0.234. The number of likely N-dealkylation sites (tertiary alicyclic amines) is 1. The van der Waals surface area contributed by atoms with Crippen molar-refractivity contribution in [2.45, 2.75) is 70.1 Å². The summed E-state index contributed by atoms with van der Waals surface area (Å²) in [6, 6.07) is 6.96. The van der Waals surface area contributed by atoms with Crippen LogP contribution in [0.4, 0.5) is 31.1 Å². The van der Waals surface area contributed by atoms with Crippen LogP contribution in [0.3, 0.4) is 0 Å². The SMILES string of the molecule is CC(C)(C)OC(=O)N1C[C@H](O)C[C@H]1c1nc(-c2ccc(OCCCc3ccc(C(F)(F)F)cc3)c(C(F)(F)F)c2)no1. The van der Waals surface area contributed by atoms with E-state index in [2.05, 4.69) is 10.1 Å². The number of halogens is 6. The molecular formula is C28H29F6N3O5. The molecule has 1 fully saturated rings. The van der Waals surface area contributed by atoms with Crippen molar-refractivity contribution in [2.24, 2.45) is 0 Å². The molecule has 1 amide bonds. The highest BCUT2D eigenvalue weighted by Crippen LogP contribution is 2.39. The minimum Gasteiger partial charge on any atom is -0.493 e. The van der Waals surface area contributed by atoms with Crippen LogP contribution in [-0.4, -0.2) is 51.1 Å². The summed E-state index contributed by atoms with van der Waals surface area (Å²) in [5.74, 6) is -0.656. The van der Waals surface area contributed by atoms with E-state index in [0.29, 0.717) is 12.0 Å². The fraction of sp³-hybridized carbons (Fsp3) is 0.464. The van der Waals surface area contributed by atoms with E-state index in [1.807, 2.05) is 0 Å². The molecule has 8 nitrogen and oxygen atoms in total. The van der Waals surface area contributed by atoms with E-state index >= 15 is 0 Å². The van der Waals surface area contributed by atoms with Crippen molar-refractivity contribution in [3.05, 3.63) is 65.0 Å². The Bertz CT molecular complexity index is 1380. The zero-order valence-corrected chi connectivity index (χ0v) is 22.9. The fourth-order valence-electron chi connectivity index (χ4n) is 4.39. The Morgan fingerprint density at radius 1 is 1.05 bits per heavy atom. The van der Waals surface area contributed by atoms with E-state index in [0.717, 1.165) is 24.3 Å². The number of β-amino-alcohol motifs (C(OH)–C–C–N with tert-alkyl or cyclic N) is 1. The second kappa shape index (κ2) is 11.8. The predicted octanol–water partition coefficient (Wildman–Crippen LogP) is 6.83. The maximum atomic E-state index is 13.9. The van der Waals surface area contributed by atoms with E-state index in [1.165, 1.54) is 23.1 Å². The van der Waals surface area contributed by atoms with E-state index in [4.69, 9.17) is 14.0 Å². The van der Waals surface area contributed by atoms with Crippen LogP contribution >= 0.6 is 0 Å². The van der Waals surface area contributed by atoms with Gasteiger partial charge in [0, 0.05) is 12.0 Å². The summed E-state index contributed by atoms with van der Waals surface area (Å²) in [6.45, 7) is 4.90. The second-order valence-electron chi connectivity index (χ2n) is 10.8. The molecule has 0 bridgehead atoms. The molecule has 1 N–H and O–H groups in total. The number of carbonyl (C=O) groups is 1. The van der Waals surface area contributed by atoms with Crippen molar-refractivity contribution in [1.82, 2.24) is 15.0 Å². The first-order valence-electron chi connectivity index (χ1n) is 13.0. The van der Waals surface area contributed by atoms with Gasteiger partial charge in [-0.05, 0) is 69.5 Å². The third kappa shape index (κ3) is 7.72. The Kier molecular flexibility index (Phi) is 8.76. The van der Waals surface area contributed by atoms with Gasteiger partial charge in [-0.15, -0.1) is 0 Å². The summed E-state index contributed by atoms with van der Waals surface area (Å²) in [7, 11) is 0. The Morgan fingerprint density at radius 3 is 2.36 bits per heavy atom. The molecule has 2 heterocycles. The highest BCUT2D eigenvalue weighted by atomic mass is 19.4. The lowest BCUT2D eigenvalue weighted by molar-refractivity contribution is -0.139. The summed E-state index contributed by atoms with van der Waals surface area (Å²) < 4.78 is 95.9. The summed E-state index contributed by atoms with van der Waals surface area (Å²) in [6.07, 6.45) is -10.2. The molecule has 2 atom stereocenters. The Morgan fingerprint density at radius 2 is 1.74 bits per heavy atom. The highest BCUT2D eigenvalue weighted by Gasteiger charge is 2.41. The Labute approximate surface area is 237 Å². The van der Waals surface area contributed by atoms with Gasteiger partial charge in [-0.1, -0.05) is 17.3 Å². The maximum absolute atomic E-state index is 13.9. The van der Waals surface area contributed by atoms with Crippen LogP contribution in [0.1, 0.15) is 62.2 Å². The molecule has 1 aliphatic heterocycles. The van der Waals surface area contributed by atoms with E-state index in [1.54, 1.807) is 20.8 Å². The van der Waals surface area contributed by atoms with Gasteiger partial charge in [-0.25, -0.2) is 4.79 Å². The number of aromatic nitrogens is 2. The first-order chi connectivity index (χ1) is 19.5. The number of hydrogen-bond donors (Lipinski definition) is 1. The smallest absolute Gasteiger partial charge is 0.419 e. The number of aliphatic hydroxyl groups excluding tert-OH is 1. The van der Waals surface area contributed by atoms with Gasteiger partial charge in [0.05, 0.1) is 30.4 Å². The van der Waals surface area contributed by atoms with Gasteiger partial charge in [-0.3, -0.25) is 4.90 Å². The molecule has 0 radical (unpaired) electrons. The number of benzene rings is 2. The number of aryl methyl sites for hydroxylation is 1. The third-order valence-electron chi connectivity index (χ3n) is 6.33. The zero-order valence-electron chi connectivity index (χ0n) is 22.9. The standard InChI is InChI=1S/C28H29F6N3O5/c1-26(2,3)41-25(39)37-15-19(38)14-21(37)24-35-23(36-42-24)17-8-11-22(20(13-17)28(32,33)34)40-12-4-5-16-6-9-18(10-7-16)27(29,30)31/h6-11,13,19,21,38H,4-5,12,14-15H2,1-3H3/t19-,21+/m1/s1. The molecule has 0 unspecified atom stereocenters. The number of ether oxygens (including phenoxy) is 2. The van der Waals surface area contributed by atoms with Crippen LogP contribution in [0, 0.1) is 0 Å². The van der Waals surface area contributed by atoms with Crippen LogP contribution in [-0.2, 0) is 23.5 Å². The normalized spacial score (nSPS) is 17.9. The predicted molar refractivity (Wildman–Crippen MR) is 136 cm³/mol. The number of amides is 1. The molecule has 42 heavy (non-hydrogen) atoms. The van der Waals surface area contributed by atoms with Crippen molar-refractivity contribution >= 4 is 6.09 Å². The van der Waals surface area contributed by atoms with Crippen molar-refractivity contribution in [2.75, 3.05) is 13.2 Å². The molecule has 14 heteroatoms. The van der Waals surface area contributed by atoms with Gasteiger partial charge in [0.2, 0.25) is 11.7 Å². The largest absolute Gasteiger partial charge is 0.493 e. The zero-order chi connectivity index (χ0) is 30.9. The summed E-state index contributed by atoms with van der Waals surface area (Å²) in [5, 5.41) is 13.9. The van der Waals surface area contributed by atoms with Gasteiger partial charge in [0.1, 0.15) is 17.4 Å². The Balaban J connectivity index is 1.45. The molecule has 0 saturated carbocycles. The van der Waals surface area contributed by atoms with Crippen LogP contribution in [0.5, 0.6) is 5.75 Å². The van der Waals surface area contributed by atoms with Crippen molar-refractivity contribution < 1.29 is 50.2 Å². The maximum Gasteiger partial charge on any atom is 0.419 e. The summed E-state index contributed by atoms with van der Waals surface area (Å²) in [5.41, 5.74) is -2.09. The first kappa shape index (κ1) is 31.1. The molecule has 4 rings (SSSR count). The topological polar surface area (TPSA) is 97.9 Å². The lowest BCUT2D eigenvalue weighted by Crippen LogP contribution is -2.37. The van der Waals surface area contributed by atoms with Crippen molar-refractivity contribution in [1.29, 1.82) is 0 Å². The summed E-state index contributed by atoms with van der Waals surface area (Å²) in [4.78, 5) is 18.0. The van der Waals surface area contributed by atoms with Crippen molar-refractivity contribution in [3.63, 3.8) is 0 Å². The first-order valence-corrected chi connectivity index (χ1v) is 13.0. The average Bonchev–Trinajstić information content (AvgIpc) is 3.52. The minimum atomic E-state index is -4.78. The molecule has 1 saturated heterocycles. The van der Waals surface area contributed by atoms with Crippen LogP contribution in [0.15, 0.2) is 47.0 Å². The number of carbonyl (C=O) groups excluding carboxylic acids is 1. The van der Waals surface area contributed by atoms with E-state index in [-0.39, 0.29) is 43.3 Å². The van der Waals surface area contributed by atoms with Gasteiger partial charge in [0.15, 0.2) is 0 Å². The second-order valence-corrected chi connectivity index (χ2v) is 10.8. The van der Waals surface area contributed by atoms with E-state index in [9.17, 15) is 36.2 Å². The van der Waals surface area contributed by atoms with Gasteiger partial charge >= 0.3 is 18.4 Å². The van der Waals surface area contributed by atoms with Crippen molar-refractivity contribution in [3.8, 4) is 17.1 Å². The number of nitrogens with zero attached hydrogens (tertiary/aromatic N) is 3. The highest BCUT2D eigenvalue weighted by molar-refractivity contribution is 5.69. The van der Waals surface area contributed by atoms with Crippen LogP contribution in [0.25, 0.3) is 11.4 Å². The number of rotatable bonds is 7.